The minimum atomic E-state index is -0.809. The number of amides is 2. The average Bonchev–Trinajstić information content (AvgIpc) is 2.35. The van der Waals surface area contributed by atoms with Crippen LogP contribution in [0.4, 0.5) is 0 Å². The highest BCUT2D eigenvalue weighted by Crippen LogP contribution is 2.23. The molecule has 0 aromatic heterocycles. The van der Waals surface area contributed by atoms with Crippen molar-refractivity contribution in [2.75, 3.05) is 13.1 Å². The largest absolute Gasteiger partial charge is 0.352 e. The fourth-order valence-corrected chi connectivity index (χ4v) is 2.44. The summed E-state index contributed by atoms with van der Waals surface area (Å²) in [4.78, 5) is 26.1. The van der Waals surface area contributed by atoms with E-state index in [-0.39, 0.29) is 11.8 Å². The van der Waals surface area contributed by atoms with Gasteiger partial charge in [0, 0.05) is 23.1 Å². The normalized spacial score (nSPS) is 18.1. The number of benzene rings is 1. The molecule has 19 heavy (non-hydrogen) atoms. The minimum absolute atomic E-state index is 0.101. The Morgan fingerprint density at radius 3 is 2.74 bits per heavy atom. The molecule has 0 atom stereocenters. The Morgan fingerprint density at radius 1 is 1.42 bits per heavy atom. The third-order valence-corrected chi connectivity index (χ3v) is 4.39. The monoisotopic (exact) mass is 324 g/mol. The van der Waals surface area contributed by atoms with Gasteiger partial charge >= 0.3 is 0 Å². The Labute approximate surface area is 121 Å². The summed E-state index contributed by atoms with van der Waals surface area (Å²) in [7, 11) is 0. The number of halogens is 1. The summed E-state index contributed by atoms with van der Waals surface area (Å²) in [5, 5.41) is 2.79. The van der Waals surface area contributed by atoms with Gasteiger partial charge in [-0.15, -0.1) is 0 Å². The van der Waals surface area contributed by atoms with E-state index in [1.54, 1.807) is 24.8 Å². The summed E-state index contributed by atoms with van der Waals surface area (Å²) in [5.74, 6) is -0.212. The number of aryl methyl sites for hydroxylation is 1. The van der Waals surface area contributed by atoms with Crippen molar-refractivity contribution in [2.24, 2.45) is 0 Å². The quantitative estimate of drug-likeness (QED) is 0.860. The molecule has 5 heteroatoms. The summed E-state index contributed by atoms with van der Waals surface area (Å²) in [6, 6.07) is 5.48. The van der Waals surface area contributed by atoms with Gasteiger partial charge in [-0.3, -0.25) is 9.59 Å². The maximum atomic E-state index is 12.6. The number of rotatable bonds is 1. The van der Waals surface area contributed by atoms with E-state index in [0.29, 0.717) is 18.7 Å². The third kappa shape index (κ3) is 2.52. The van der Waals surface area contributed by atoms with Crippen LogP contribution in [0.5, 0.6) is 0 Å². The molecule has 0 spiro atoms. The van der Waals surface area contributed by atoms with E-state index in [4.69, 9.17) is 0 Å². The van der Waals surface area contributed by atoms with Crippen LogP contribution in [0.15, 0.2) is 22.7 Å². The molecule has 102 valence electrons. The molecule has 0 aliphatic carbocycles. The van der Waals surface area contributed by atoms with Gasteiger partial charge in [-0.05, 0) is 44.5 Å². The summed E-state index contributed by atoms with van der Waals surface area (Å²) in [6.07, 6.45) is 0. The van der Waals surface area contributed by atoms with Crippen LogP contribution in [0.25, 0.3) is 0 Å². The van der Waals surface area contributed by atoms with Crippen molar-refractivity contribution in [3.8, 4) is 0 Å². The lowest BCUT2D eigenvalue weighted by Gasteiger charge is -2.41. The summed E-state index contributed by atoms with van der Waals surface area (Å²) < 4.78 is 0.972. The van der Waals surface area contributed by atoms with Crippen molar-refractivity contribution in [1.82, 2.24) is 10.2 Å². The molecular weight excluding hydrogens is 308 g/mol. The Kier molecular flexibility index (Phi) is 3.67. The van der Waals surface area contributed by atoms with Gasteiger partial charge in [0.25, 0.3) is 5.91 Å². The Morgan fingerprint density at radius 2 is 2.11 bits per heavy atom. The van der Waals surface area contributed by atoms with Crippen LogP contribution >= 0.6 is 15.9 Å². The second-order valence-electron chi connectivity index (χ2n) is 5.24. The second-order valence-corrected chi connectivity index (χ2v) is 6.09. The Bertz CT molecular complexity index is 540. The lowest BCUT2D eigenvalue weighted by Crippen LogP contribution is -2.63. The van der Waals surface area contributed by atoms with E-state index in [1.165, 1.54) is 0 Å². The van der Waals surface area contributed by atoms with Gasteiger partial charge in [0.1, 0.15) is 5.54 Å². The van der Waals surface area contributed by atoms with Gasteiger partial charge in [-0.1, -0.05) is 15.9 Å². The molecule has 1 fully saturated rings. The highest BCUT2D eigenvalue weighted by molar-refractivity contribution is 9.10. The maximum Gasteiger partial charge on any atom is 0.254 e. The van der Waals surface area contributed by atoms with Crippen molar-refractivity contribution in [3.63, 3.8) is 0 Å². The van der Waals surface area contributed by atoms with Crippen molar-refractivity contribution >= 4 is 27.7 Å². The minimum Gasteiger partial charge on any atom is -0.352 e. The standard InChI is InChI=1S/C14H17BrN2O2/c1-9-8-10(4-5-11(9)15)12(18)17-7-6-16-13(19)14(17,2)3/h4-5,8H,6-7H2,1-3H3,(H,16,19). The van der Waals surface area contributed by atoms with E-state index < -0.39 is 5.54 Å². The number of carbonyl (C=O) groups is 2. The van der Waals surface area contributed by atoms with Crippen LogP contribution in [-0.4, -0.2) is 35.3 Å². The number of nitrogens with zero attached hydrogens (tertiary/aromatic N) is 1. The van der Waals surface area contributed by atoms with Gasteiger partial charge in [0.05, 0.1) is 0 Å². The first-order valence-corrected chi connectivity index (χ1v) is 7.00. The third-order valence-electron chi connectivity index (χ3n) is 3.50. The number of hydrogen-bond donors (Lipinski definition) is 1. The number of hydrogen-bond acceptors (Lipinski definition) is 2. The van der Waals surface area contributed by atoms with Crippen LogP contribution in [-0.2, 0) is 4.79 Å². The first-order chi connectivity index (χ1) is 8.84. The lowest BCUT2D eigenvalue weighted by molar-refractivity contribution is -0.133. The van der Waals surface area contributed by atoms with Gasteiger partial charge < -0.3 is 10.2 Å². The SMILES string of the molecule is Cc1cc(C(=O)N2CCNC(=O)C2(C)C)ccc1Br. The lowest BCUT2D eigenvalue weighted by atomic mass is 9.97. The number of piperazine rings is 1. The maximum absolute atomic E-state index is 12.6. The first kappa shape index (κ1) is 14.1. The summed E-state index contributed by atoms with van der Waals surface area (Å²) in [6.45, 7) is 6.52. The van der Waals surface area contributed by atoms with E-state index >= 15 is 0 Å². The van der Waals surface area contributed by atoms with Crippen molar-refractivity contribution < 1.29 is 9.59 Å². The first-order valence-electron chi connectivity index (χ1n) is 6.20. The topological polar surface area (TPSA) is 49.4 Å². The van der Waals surface area contributed by atoms with Gasteiger partial charge in [0.2, 0.25) is 5.91 Å². The zero-order valence-corrected chi connectivity index (χ0v) is 12.9. The number of carbonyl (C=O) groups excluding carboxylic acids is 2. The highest BCUT2D eigenvalue weighted by Gasteiger charge is 2.40. The molecule has 4 nitrogen and oxygen atoms in total. The van der Waals surface area contributed by atoms with Crippen LogP contribution < -0.4 is 5.32 Å². The van der Waals surface area contributed by atoms with Crippen molar-refractivity contribution in [1.29, 1.82) is 0 Å². The molecule has 1 N–H and O–H groups in total. The van der Waals surface area contributed by atoms with E-state index in [0.717, 1.165) is 10.0 Å². The van der Waals surface area contributed by atoms with Crippen molar-refractivity contribution in [2.45, 2.75) is 26.3 Å². The van der Waals surface area contributed by atoms with Gasteiger partial charge in [-0.2, -0.15) is 0 Å². The van der Waals surface area contributed by atoms with E-state index in [2.05, 4.69) is 21.2 Å². The fraction of sp³-hybridized carbons (Fsp3) is 0.429. The molecule has 0 bridgehead atoms. The van der Waals surface area contributed by atoms with Gasteiger partial charge in [0.15, 0.2) is 0 Å². The molecule has 0 saturated carbocycles. The highest BCUT2D eigenvalue weighted by atomic mass is 79.9. The summed E-state index contributed by atoms with van der Waals surface area (Å²) >= 11 is 3.42. The van der Waals surface area contributed by atoms with E-state index in [9.17, 15) is 9.59 Å². The molecule has 2 rings (SSSR count). The Hall–Kier alpha value is -1.36. The number of nitrogens with one attached hydrogen (secondary N) is 1. The van der Waals surface area contributed by atoms with Crippen LogP contribution in [0.1, 0.15) is 29.8 Å². The predicted molar refractivity (Wildman–Crippen MR) is 77.0 cm³/mol. The van der Waals surface area contributed by atoms with E-state index in [1.807, 2.05) is 19.1 Å². The smallest absolute Gasteiger partial charge is 0.254 e. The van der Waals surface area contributed by atoms with Crippen LogP contribution in [0.3, 0.4) is 0 Å². The molecular formula is C14H17BrN2O2. The molecule has 0 unspecified atom stereocenters. The molecule has 0 radical (unpaired) electrons. The molecule has 2 amide bonds. The molecule has 1 aliphatic rings. The fourth-order valence-electron chi connectivity index (χ4n) is 2.19. The average molecular weight is 325 g/mol. The molecule has 1 heterocycles. The summed E-state index contributed by atoms with van der Waals surface area (Å²) in [5.41, 5.74) is 0.810. The zero-order chi connectivity index (χ0) is 14.2. The van der Waals surface area contributed by atoms with Crippen LogP contribution in [0.2, 0.25) is 0 Å². The van der Waals surface area contributed by atoms with Crippen molar-refractivity contribution in [3.05, 3.63) is 33.8 Å². The van der Waals surface area contributed by atoms with Gasteiger partial charge in [-0.25, -0.2) is 0 Å². The Balaban J connectivity index is 2.32. The predicted octanol–water partition coefficient (Wildman–Crippen LogP) is 2.11. The zero-order valence-electron chi connectivity index (χ0n) is 11.3. The molecule has 1 aromatic carbocycles. The molecule has 1 aliphatic heterocycles. The molecule has 1 saturated heterocycles. The van der Waals surface area contributed by atoms with Crippen LogP contribution in [0, 0.1) is 6.92 Å². The molecule has 1 aromatic rings. The second kappa shape index (κ2) is 4.96.